The molecule has 23 heavy (non-hydrogen) atoms. The van der Waals surface area contributed by atoms with Crippen LogP contribution >= 0.6 is 11.3 Å². The van der Waals surface area contributed by atoms with Gasteiger partial charge in [-0.25, -0.2) is 4.79 Å². The maximum absolute atomic E-state index is 12.8. The van der Waals surface area contributed by atoms with E-state index in [1.165, 1.54) is 11.3 Å². The predicted octanol–water partition coefficient (Wildman–Crippen LogP) is 2.38. The summed E-state index contributed by atoms with van der Waals surface area (Å²) in [5, 5.41) is 15.9. The van der Waals surface area contributed by atoms with Crippen LogP contribution < -0.4 is 0 Å². The number of aromatic nitrogens is 3. The summed E-state index contributed by atoms with van der Waals surface area (Å²) in [5.74, 6) is -1.67. The largest absolute Gasteiger partial charge is 0.477 e. The maximum Gasteiger partial charge on any atom is 0.451 e. The Morgan fingerprint density at radius 2 is 2.13 bits per heavy atom. The molecule has 0 saturated heterocycles. The summed E-state index contributed by atoms with van der Waals surface area (Å²) in [7, 11) is 0. The van der Waals surface area contributed by atoms with E-state index < -0.39 is 18.0 Å². The lowest BCUT2D eigenvalue weighted by atomic mass is 10.2. The van der Waals surface area contributed by atoms with Gasteiger partial charge in [0.25, 0.3) is 0 Å². The van der Waals surface area contributed by atoms with E-state index in [0.29, 0.717) is 13.1 Å². The molecular weight excluding hydrogens is 333 g/mol. The zero-order valence-electron chi connectivity index (χ0n) is 12.1. The molecule has 2 aromatic heterocycles. The maximum atomic E-state index is 12.8. The number of hydrogen-bond donors (Lipinski definition) is 1. The Bertz CT molecular complexity index is 753. The molecule has 0 amide bonds. The van der Waals surface area contributed by atoms with Crippen molar-refractivity contribution < 1.29 is 23.1 Å². The third-order valence-corrected chi connectivity index (χ3v) is 4.79. The highest BCUT2D eigenvalue weighted by atomic mass is 32.1. The Morgan fingerprint density at radius 1 is 1.39 bits per heavy atom. The van der Waals surface area contributed by atoms with E-state index in [1.807, 2.05) is 11.8 Å². The van der Waals surface area contributed by atoms with Gasteiger partial charge in [-0.2, -0.15) is 13.2 Å². The number of halogens is 3. The molecule has 124 valence electrons. The number of aromatic carboxylic acids is 1. The SMILES string of the molecule is Cc1sc(C(=O)O)cc1CN1CCn2c(nnc2C(F)(F)F)C1. The van der Waals surface area contributed by atoms with Gasteiger partial charge in [0.05, 0.1) is 6.54 Å². The Kier molecular flexibility index (Phi) is 3.88. The molecule has 2 aromatic rings. The number of alkyl halides is 3. The summed E-state index contributed by atoms with van der Waals surface area (Å²) in [4.78, 5) is 14.1. The minimum Gasteiger partial charge on any atom is -0.477 e. The first-order valence-electron chi connectivity index (χ1n) is 6.80. The fourth-order valence-electron chi connectivity index (χ4n) is 2.58. The van der Waals surface area contributed by atoms with E-state index in [4.69, 9.17) is 5.11 Å². The van der Waals surface area contributed by atoms with E-state index >= 15 is 0 Å². The van der Waals surface area contributed by atoms with Crippen LogP contribution in [0.5, 0.6) is 0 Å². The lowest BCUT2D eigenvalue weighted by molar-refractivity contribution is -0.148. The van der Waals surface area contributed by atoms with E-state index in [0.717, 1.165) is 15.0 Å². The summed E-state index contributed by atoms with van der Waals surface area (Å²) in [6.07, 6.45) is -4.51. The molecule has 1 aliphatic rings. The van der Waals surface area contributed by atoms with Crippen molar-refractivity contribution in [3.8, 4) is 0 Å². The number of thiophene rings is 1. The molecule has 6 nitrogen and oxygen atoms in total. The number of fused-ring (bicyclic) bond motifs is 1. The number of rotatable bonds is 3. The van der Waals surface area contributed by atoms with Crippen LogP contribution in [0.2, 0.25) is 0 Å². The fraction of sp³-hybridized carbons (Fsp3) is 0.462. The Hall–Kier alpha value is -1.94. The van der Waals surface area contributed by atoms with Crippen LogP contribution in [0.15, 0.2) is 6.07 Å². The van der Waals surface area contributed by atoms with Gasteiger partial charge >= 0.3 is 12.1 Å². The second-order valence-corrected chi connectivity index (χ2v) is 6.55. The van der Waals surface area contributed by atoms with Crippen molar-refractivity contribution in [2.75, 3.05) is 6.54 Å². The minimum atomic E-state index is -4.51. The molecule has 1 aliphatic heterocycles. The minimum absolute atomic E-state index is 0.159. The third-order valence-electron chi connectivity index (χ3n) is 3.71. The van der Waals surface area contributed by atoms with Crippen molar-refractivity contribution >= 4 is 17.3 Å². The second kappa shape index (κ2) is 5.60. The van der Waals surface area contributed by atoms with E-state index in [2.05, 4.69) is 10.2 Å². The van der Waals surface area contributed by atoms with Gasteiger partial charge in [-0.3, -0.25) is 4.90 Å². The first kappa shape index (κ1) is 15.9. The van der Waals surface area contributed by atoms with Crippen LogP contribution in [0.4, 0.5) is 13.2 Å². The number of carboxylic acids is 1. The lowest BCUT2D eigenvalue weighted by Crippen LogP contribution is -2.34. The average molecular weight is 346 g/mol. The van der Waals surface area contributed by atoms with Gasteiger partial charge in [0.2, 0.25) is 5.82 Å². The topological polar surface area (TPSA) is 71.2 Å². The van der Waals surface area contributed by atoms with Crippen LogP contribution in [0.3, 0.4) is 0 Å². The summed E-state index contributed by atoms with van der Waals surface area (Å²) < 4.78 is 39.5. The smallest absolute Gasteiger partial charge is 0.451 e. The molecule has 0 radical (unpaired) electrons. The quantitative estimate of drug-likeness (QED) is 0.924. The van der Waals surface area contributed by atoms with Crippen LogP contribution in [0.1, 0.15) is 31.8 Å². The molecule has 0 atom stereocenters. The number of carbonyl (C=O) groups is 1. The summed E-state index contributed by atoms with van der Waals surface area (Å²) in [6, 6.07) is 1.61. The van der Waals surface area contributed by atoms with Crippen LogP contribution in [-0.4, -0.2) is 37.3 Å². The monoisotopic (exact) mass is 346 g/mol. The van der Waals surface area contributed by atoms with Crippen LogP contribution in [-0.2, 0) is 25.8 Å². The van der Waals surface area contributed by atoms with Crippen molar-refractivity contribution in [1.29, 1.82) is 0 Å². The van der Waals surface area contributed by atoms with Crippen LogP contribution in [0.25, 0.3) is 0 Å². The summed E-state index contributed by atoms with van der Waals surface area (Å²) >= 11 is 1.20. The van der Waals surface area contributed by atoms with Crippen molar-refractivity contribution in [2.45, 2.75) is 32.7 Å². The number of aryl methyl sites for hydroxylation is 1. The first-order chi connectivity index (χ1) is 10.8. The Morgan fingerprint density at radius 3 is 2.74 bits per heavy atom. The highest BCUT2D eigenvalue weighted by Gasteiger charge is 2.39. The number of hydrogen-bond acceptors (Lipinski definition) is 5. The molecule has 0 bridgehead atoms. The fourth-order valence-corrected chi connectivity index (χ4v) is 3.45. The molecule has 1 N–H and O–H groups in total. The molecule has 3 rings (SSSR count). The normalized spacial score (nSPS) is 15.7. The van der Waals surface area contributed by atoms with E-state index in [-0.39, 0.29) is 23.8 Å². The van der Waals surface area contributed by atoms with Gasteiger partial charge in [0.1, 0.15) is 10.7 Å². The van der Waals surface area contributed by atoms with E-state index in [1.54, 1.807) is 6.07 Å². The number of carboxylic acid groups (broad SMARTS) is 1. The lowest BCUT2D eigenvalue weighted by Gasteiger charge is -2.27. The zero-order valence-corrected chi connectivity index (χ0v) is 12.9. The second-order valence-electron chi connectivity index (χ2n) is 5.30. The van der Waals surface area contributed by atoms with Crippen molar-refractivity contribution in [3.05, 3.63) is 33.0 Å². The van der Waals surface area contributed by atoms with Gasteiger partial charge < -0.3 is 9.67 Å². The molecule has 0 fully saturated rings. The van der Waals surface area contributed by atoms with Crippen molar-refractivity contribution in [2.24, 2.45) is 0 Å². The van der Waals surface area contributed by atoms with Gasteiger partial charge in [-0.05, 0) is 18.6 Å². The molecule has 0 spiro atoms. The Balaban J connectivity index is 1.76. The number of nitrogens with zero attached hydrogens (tertiary/aromatic N) is 4. The average Bonchev–Trinajstić information content (AvgIpc) is 3.02. The molecule has 3 heterocycles. The zero-order chi connectivity index (χ0) is 16.8. The molecular formula is C13H13F3N4O2S. The summed E-state index contributed by atoms with van der Waals surface area (Å²) in [6.45, 7) is 3.14. The molecule has 0 aromatic carbocycles. The molecule has 10 heteroatoms. The summed E-state index contributed by atoms with van der Waals surface area (Å²) in [5.41, 5.74) is 0.872. The third kappa shape index (κ3) is 3.08. The highest BCUT2D eigenvalue weighted by molar-refractivity contribution is 7.14. The van der Waals surface area contributed by atoms with Gasteiger partial charge in [0.15, 0.2) is 0 Å². The molecule has 0 unspecified atom stereocenters. The predicted molar refractivity (Wildman–Crippen MR) is 75.2 cm³/mol. The van der Waals surface area contributed by atoms with Gasteiger partial charge in [-0.1, -0.05) is 0 Å². The standard InChI is InChI=1S/C13H13F3N4O2S/c1-7-8(4-9(23-7)11(21)22)5-19-2-3-20-10(6-19)17-18-12(20)13(14,15)16/h4H,2-3,5-6H2,1H3,(H,21,22). The Labute approximate surface area is 133 Å². The first-order valence-corrected chi connectivity index (χ1v) is 7.61. The van der Waals surface area contributed by atoms with Crippen molar-refractivity contribution in [1.82, 2.24) is 19.7 Å². The van der Waals surface area contributed by atoms with Gasteiger partial charge in [-0.15, -0.1) is 21.5 Å². The van der Waals surface area contributed by atoms with Crippen molar-refractivity contribution in [3.63, 3.8) is 0 Å². The molecule has 0 saturated carbocycles. The van der Waals surface area contributed by atoms with E-state index in [9.17, 15) is 18.0 Å². The molecule has 0 aliphatic carbocycles. The highest BCUT2D eigenvalue weighted by Crippen LogP contribution is 2.30. The van der Waals surface area contributed by atoms with Gasteiger partial charge in [0, 0.05) is 24.5 Å². The van der Waals surface area contributed by atoms with Crippen LogP contribution in [0, 0.1) is 6.92 Å².